The Morgan fingerprint density at radius 1 is 1.04 bits per heavy atom. The van der Waals surface area contributed by atoms with Gasteiger partial charge in [-0.25, -0.2) is 8.42 Å². The average molecular weight is 672 g/mol. The molecule has 3 atom stereocenters. The van der Waals surface area contributed by atoms with Gasteiger partial charge < -0.3 is 19.7 Å². The first-order valence-corrected chi connectivity index (χ1v) is 16.9. The third-order valence-electron chi connectivity index (χ3n) is 8.70. The molecule has 252 valence electrons. The summed E-state index contributed by atoms with van der Waals surface area (Å²) in [5.74, 6) is -1.87. The third-order valence-corrected chi connectivity index (χ3v) is 10.5. The van der Waals surface area contributed by atoms with Crippen LogP contribution in [0.15, 0.2) is 53.4 Å². The number of hydrogen-bond donors (Lipinski definition) is 1. The third kappa shape index (κ3) is 9.39. The largest absolute Gasteiger partial charge is 0.391 e. The smallest absolute Gasteiger partial charge is 0.378 e. The second-order valence-electron chi connectivity index (χ2n) is 11.8. The van der Waals surface area contributed by atoms with Crippen LogP contribution in [0.2, 0.25) is 0 Å². The van der Waals surface area contributed by atoms with E-state index in [2.05, 4.69) is 10.1 Å². The first-order valence-electron chi connectivity index (χ1n) is 15.3. The van der Waals surface area contributed by atoms with Gasteiger partial charge in [-0.15, -0.1) is 0 Å². The van der Waals surface area contributed by atoms with Crippen LogP contribution in [0, 0.1) is 23.2 Å². The number of nitrogens with one attached hydrogen (secondary N) is 1. The van der Waals surface area contributed by atoms with Crippen molar-refractivity contribution >= 4 is 21.4 Å². The van der Waals surface area contributed by atoms with E-state index in [9.17, 15) is 40.4 Å². The lowest BCUT2D eigenvalue weighted by Crippen LogP contribution is -2.34. The Balaban J connectivity index is 1.38. The molecule has 8 nitrogen and oxygen atoms in total. The maximum Gasteiger partial charge on any atom is 0.391 e. The fourth-order valence-corrected chi connectivity index (χ4v) is 6.97. The fraction of sp³-hybridized carbons (Fsp3) is 0.562. The Kier molecular flexibility index (Phi) is 12.0. The lowest BCUT2D eigenvalue weighted by molar-refractivity contribution is -0.187. The second-order valence-corrected chi connectivity index (χ2v) is 14.0. The van der Waals surface area contributed by atoms with Crippen molar-refractivity contribution in [1.82, 2.24) is 5.32 Å². The Morgan fingerprint density at radius 2 is 1.70 bits per heavy atom. The van der Waals surface area contributed by atoms with Crippen LogP contribution >= 0.6 is 0 Å². The highest BCUT2D eigenvalue weighted by Crippen LogP contribution is 2.39. The number of rotatable bonds is 13. The zero-order chi connectivity index (χ0) is 33.5. The summed E-state index contributed by atoms with van der Waals surface area (Å²) in [4.78, 5) is 15.2. The summed E-state index contributed by atoms with van der Waals surface area (Å²) in [5.41, 5.74) is 1.54. The molecule has 0 radical (unpaired) electrons. The molecule has 0 aromatic heterocycles. The molecular formula is C32H38F5N3O5S. The molecule has 2 fully saturated rings. The first kappa shape index (κ1) is 35.6. The SMILES string of the molecule is CCS(=O)(=O)c1ccc([C@H](CC#N)NC(=O)c2ccc(N3CC(COC4CCC(C(F)(F)F)CC4)C[C@H]3COC(F)F)cc2)cc1. The van der Waals surface area contributed by atoms with Crippen molar-refractivity contribution in [2.75, 3.05) is 30.4 Å². The number of benzene rings is 2. The van der Waals surface area contributed by atoms with Gasteiger partial charge in [0.1, 0.15) is 0 Å². The van der Waals surface area contributed by atoms with Crippen molar-refractivity contribution in [2.45, 2.75) is 81.3 Å². The molecule has 1 saturated heterocycles. The molecule has 1 unspecified atom stereocenters. The molecule has 2 aliphatic rings. The van der Waals surface area contributed by atoms with Crippen LogP contribution in [-0.2, 0) is 19.3 Å². The standard InChI is InChI=1S/C32H38F5N3O5S/c1-2-46(42,43)28-13-5-22(6-14-28)29(15-16-38)39-30(41)23-3-9-25(10-4-23)40-18-21(17-26(40)20-45-31(33)34)19-44-27-11-7-24(8-12-27)32(35,36)37/h3-6,9-10,13-14,21,24,26-27,29,31H,2,7-8,11-12,15,17-20H2,1H3,(H,39,41)/t21?,24?,26-,27?,29-/m0/s1. The Morgan fingerprint density at radius 3 is 2.26 bits per heavy atom. The normalized spacial score (nSPS) is 22.9. The summed E-state index contributed by atoms with van der Waals surface area (Å²) >= 11 is 0. The van der Waals surface area contributed by atoms with Crippen LogP contribution in [0.5, 0.6) is 0 Å². The Bertz CT molecular complexity index is 1440. The number of sulfone groups is 1. The summed E-state index contributed by atoms with van der Waals surface area (Å²) < 4.78 is 99.6. The van der Waals surface area contributed by atoms with Crippen molar-refractivity contribution in [3.05, 3.63) is 59.7 Å². The number of alkyl halides is 5. The van der Waals surface area contributed by atoms with Crippen LogP contribution < -0.4 is 10.2 Å². The second kappa shape index (κ2) is 15.5. The van der Waals surface area contributed by atoms with Crippen LogP contribution in [-0.4, -0.2) is 64.8 Å². The van der Waals surface area contributed by atoms with E-state index < -0.39 is 46.5 Å². The van der Waals surface area contributed by atoms with Gasteiger partial charge in [0.15, 0.2) is 9.84 Å². The van der Waals surface area contributed by atoms with Gasteiger partial charge in [-0.2, -0.15) is 27.2 Å². The minimum absolute atomic E-state index is 0.0303. The highest BCUT2D eigenvalue weighted by molar-refractivity contribution is 7.91. The molecule has 1 saturated carbocycles. The molecule has 1 aliphatic carbocycles. The highest BCUT2D eigenvalue weighted by Gasteiger charge is 2.42. The van der Waals surface area contributed by atoms with E-state index in [0.717, 1.165) is 0 Å². The minimum Gasteiger partial charge on any atom is -0.378 e. The van der Waals surface area contributed by atoms with Gasteiger partial charge in [0, 0.05) is 23.7 Å². The predicted molar refractivity (Wildman–Crippen MR) is 160 cm³/mol. The van der Waals surface area contributed by atoms with Crippen molar-refractivity contribution in [2.24, 2.45) is 11.8 Å². The van der Waals surface area contributed by atoms with Crippen molar-refractivity contribution < 1.29 is 44.6 Å². The van der Waals surface area contributed by atoms with E-state index in [4.69, 9.17) is 4.74 Å². The maximum atomic E-state index is 13.1. The summed E-state index contributed by atoms with van der Waals surface area (Å²) in [6.07, 6.45) is -3.32. The van der Waals surface area contributed by atoms with Gasteiger partial charge in [0.25, 0.3) is 5.91 Å². The molecule has 0 spiro atoms. The van der Waals surface area contributed by atoms with Crippen molar-refractivity contribution in [1.29, 1.82) is 5.26 Å². The van der Waals surface area contributed by atoms with Crippen molar-refractivity contribution in [3.63, 3.8) is 0 Å². The lowest BCUT2D eigenvalue weighted by Gasteiger charge is -2.30. The molecular weight excluding hydrogens is 633 g/mol. The van der Waals surface area contributed by atoms with Crippen molar-refractivity contribution in [3.8, 4) is 6.07 Å². The number of nitrogens with zero attached hydrogens (tertiary/aromatic N) is 2. The number of carbonyl (C=O) groups is 1. The molecule has 46 heavy (non-hydrogen) atoms. The Hall–Kier alpha value is -3.28. The van der Waals surface area contributed by atoms with E-state index in [-0.39, 0.29) is 55.1 Å². The van der Waals surface area contributed by atoms with E-state index in [1.54, 1.807) is 43.3 Å². The predicted octanol–water partition coefficient (Wildman–Crippen LogP) is 6.44. The number of carbonyl (C=O) groups excluding carboxylic acids is 1. The number of halogens is 5. The Labute approximate surface area is 265 Å². The number of anilines is 1. The number of hydrogen-bond acceptors (Lipinski definition) is 7. The summed E-state index contributed by atoms with van der Waals surface area (Å²) in [7, 11) is -3.40. The minimum atomic E-state index is -4.20. The van der Waals surface area contributed by atoms with Crippen LogP contribution in [0.4, 0.5) is 27.6 Å². The molecule has 14 heteroatoms. The molecule has 1 N–H and O–H groups in total. The molecule has 1 amide bonds. The molecule has 4 rings (SSSR count). The van der Waals surface area contributed by atoms with Crippen LogP contribution in [0.3, 0.4) is 0 Å². The summed E-state index contributed by atoms with van der Waals surface area (Å²) in [6.45, 7) is -0.897. The van der Waals surface area contributed by atoms with E-state index in [1.165, 1.54) is 12.1 Å². The van der Waals surface area contributed by atoms with Gasteiger partial charge in [0.05, 0.1) is 60.5 Å². The van der Waals surface area contributed by atoms with Gasteiger partial charge in [0.2, 0.25) is 0 Å². The molecule has 0 bridgehead atoms. The first-order chi connectivity index (χ1) is 21.8. The van der Waals surface area contributed by atoms with Crippen LogP contribution in [0.25, 0.3) is 0 Å². The number of amides is 1. The van der Waals surface area contributed by atoms with Gasteiger partial charge in [-0.3, -0.25) is 4.79 Å². The van der Waals surface area contributed by atoms with Gasteiger partial charge in [-0.05, 0) is 74.1 Å². The fourth-order valence-electron chi connectivity index (χ4n) is 6.09. The van der Waals surface area contributed by atoms with Gasteiger partial charge >= 0.3 is 12.8 Å². The van der Waals surface area contributed by atoms with E-state index in [1.807, 2.05) is 11.0 Å². The van der Waals surface area contributed by atoms with Gasteiger partial charge in [-0.1, -0.05) is 19.1 Å². The summed E-state index contributed by atoms with van der Waals surface area (Å²) in [6, 6.07) is 13.5. The maximum absolute atomic E-state index is 13.1. The molecule has 1 aliphatic heterocycles. The van der Waals surface area contributed by atoms with E-state index in [0.29, 0.717) is 42.6 Å². The van der Waals surface area contributed by atoms with E-state index >= 15 is 0 Å². The molecule has 2 aromatic rings. The highest BCUT2D eigenvalue weighted by atomic mass is 32.2. The quantitative estimate of drug-likeness (QED) is 0.244. The lowest BCUT2D eigenvalue weighted by atomic mass is 9.87. The topological polar surface area (TPSA) is 109 Å². The number of ether oxygens (including phenoxy) is 2. The monoisotopic (exact) mass is 671 g/mol. The van der Waals surface area contributed by atoms with Crippen LogP contribution in [0.1, 0.15) is 67.4 Å². The summed E-state index contributed by atoms with van der Waals surface area (Å²) in [5, 5.41) is 12.1. The zero-order valence-corrected chi connectivity index (χ0v) is 26.2. The molecule has 2 aromatic carbocycles. The molecule has 1 heterocycles. The number of nitriles is 1. The average Bonchev–Trinajstić information content (AvgIpc) is 3.45. The zero-order valence-electron chi connectivity index (χ0n) is 25.4.